The monoisotopic (exact) mass is 737 g/mol. The quantitative estimate of drug-likeness (QED) is 0.273. The number of alkyl carbamates (subject to hydrolysis) is 1. The molecular weight excluding hydrogens is 694 g/mol. The summed E-state index contributed by atoms with van der Waals surface area (Å²) in [6.45, 7) is 7.30. The Morgan fingerprint density at radius 3 is 2.45 bits per heavy atom. The van der Waals surface area contributed by atoms with Crippen molar-refractivity contribution in [2.75, 3.05) is 6.54 Å². The summed E-state index contributed by atoms with van der Waals surface area (Å²) >= 11 is 3.49. The average molecular weight is 739 g/mol. The van der Waals surface area contributed by atoms with Gasteiger partial charge >= 0.3 is 6.09 Å². The van der Waals surface area contributed by atoms with Crippen LogP contribution in [-0.2, 0) is 35.4 Å². The molecule has 13 heteroatoms. The van der Waals surface area contributed by atoms with Crippen LogP contribution in [0.1, 0.15) is 77.3 Å². The molecule has 0 aromatic heterocycles. The molecule has 1 aliphatic carbocycles. The van der Waals surface area contributed by atoms with Gasteiger partial charge in [0.05, 0.1) is 18.3 Å². The molecule has 1 unspecified atom stereocenters. The topological polar surface area (TPSA) is 156 Å². The Bertz CT molecular complexity index is 1610. The van der Waals surface area contributed by atoms with Crippen LogP contribution in [0.25, 0.3) is 0 Å². The van der Waals surface area contributed by atoms with Crippen LogP contribution < -0.4 is 16.0 Å². The fraction of sp³-hybridized carbons (Fsp3) is 0.500. The maximum atomic E-state index is 14.5. The maximum absolute atomic E-state index is 14.5. The van der Waals surface area contributed by atoms with Gasteiger partial charge in [-0.3, -0.25) is 19.2 Å². The Morgan fingerprint density at radius 1 is 1.06 bits per heavy atom. The number of nitrogens with one attached hydrogen (secondary N) is 3. The Hall–Kier alpha value is -4.26. The first-order valence-corrected chi connectivity index (χ1v) is 17.5. The number of ketones is 1. The highest BCUT2D eigenvalue weighted by molar-refractivity contribution is 9.10. The molecule has 2 fully saturated rings. The lowest BCUT2D eigenvalue weighted by molar-refractivity contribution is -0.144. The fourth-order valence-electron chi connectivity index (χ4n) is 6.12. The van der Waals surface area contributed by atoms with Gasteiger partial charge in [-0.1, -0.05) is 97.7 Å². The number of rotatable bonds is 12. The van der Waals surface area contributed by atoms with Crippen LogP contribution in [-0.4, -0.2) is 76.5 Å². The highest BCUT2D eigenvalue weighted by Gasteiger charge is 2.55. The van der Waals surface area contributed by atoms with E-state index in [4.69, 9.17) is 9.57 Å². The van der Waals surface area contributed by atoms with E-state index in [-0.39, 0.29) is 32.0 Å². The number of halogens is 1. The minimum atomic E-state index is -1.08. The van der Waals surface area contributed by atoms with Gasteiger partial charge < -0.3 is 30.4 Å². The van der Waals surface area contributed by atoms with Gasteiger partial charge in [-0.25, -0.2) is 4.79 Å². The van der Waals surface area contributed by atoms with Crippen LogP contribution in [0.5, 0.6) is 0 Å². The van der Waals surface area contributed by atoms with Crippen molar-refractivity contribution in [3.8, 4) is 0 Å². The number of carbonyl (C=O) groups is 5. The average Bonchev–Trinajstić information content (AvgIpc) is 3.66. The van der Waals surface area contributed by atoms with Gasteiger partial charge in [0.15, 0.2) is 5.60 Å². The van der Waals surface area contributed by atoms with Gasteiger partial charge in [0, 0.05) is 28.9 Å². The zero-order chi connectivity index (χ0) is 35.3. The molecule has 2 aromatic carbocycles. The number of benzene rings is 2. The molecule has 1 spiro atoms. The number of likely N-dealkylation sites (tertiary alicyclic amines) is 1. The van der Waals surface area contributed by atoms with Crippen molar-refractivity contribution >= 4 is 51.2 Å². The van der Waals surface area contributed by atoms with Crippen molar-refractivity contribution in [3.63, 3.8) is 0 Å². The number of Topliss-reactive ketones (excluding diaryl/α,β-unsaturated/α-hetero) is 1. The molecule has 2 heterocycles. The van der Waals surface area contributed by atoms with E-state index >= 15 is 0 Å². The van der Waals surface area contributed by atoms with Gasteiger partial charge in [0.25, 0.3) is 5.91 Å². The largest absolute Gasteiger partial charge is 0.445 e. The molecule has 0 radical (unpaired) electrons. The first-order chi connectivity index (χ1) is 23.3. The Balaban J connectivity index is 1.38. The number of oxime groups is 1. The highest BCUT2D eigenvalue weighted by atomic mass is 79.9. The number of amides is 4. The molecular formula is C36H44BrN5O7. The summed E-state index contributed by atoms with van der Waals surface area (Å²) < 4.78 is 6.31. The molecule has 2 aliphatic heterocycles. The molecule has 3 N–H and O–H groups in total. The highest BCUT2D eigenvalue weighted by Crippen LogP contribution is 2.40. The van der Waals surface area contributed by atoms with Crippen molar-refractivity contribution < 1.29 is 33.5 Å². The van der Waals surface area contributed by atoms with Gasteiger partial charge in [-0.15, -0.1) is 0 Å². The summed E-state index contributed by atoms with van der Waals surface area (Å²) in [5.74, 6) is -2.55. The number of carbonyl (C=O) groups excluding carboxylic acids is 5. The first-order valence-electron chi connectivity index (χ1n) is 16.7. The van der Waals surface area contributed by atoms with E-state index in [0.29, 0.717) is 18.6 Å². The van der Waals surface area contributed by atoms with Gasteiger partial charge in [0.2, 0.25) is 17.6 Å². The number of hydrogen-bond acceptors (Lipinski definition) is 8. The van der Waals surface area contributed by atoms with Crippen molar-refractivity contribution in [3.05, 3.63) is 70.2 Å². The zero-order valence-corrected chi connectivity index (χ0v) is 29.9. The zero-order valence-electron chi connectivity index (χ0n) is 28.3. The van der Waals surface area contributed by atoms with E-state index in [1.54, 1.807) is 0 Å². The Labute approximate surface area is 294 Å². The van der Waals surface area contributed by atoms with E-state index in [1.165, 1.54) is 4.90 Å². The van der Waals surface area contributed by atoms with Crippen LogP contribution in [0.3, 0.4) is 0 Å². The van der Waals surface area contributed by atoms with Gasteiger partial charge in [0.1, 0.15) is 18.7 Å². The molecule has 12 nitrogen and oxygen atoms in total. The second-order valence-corrected chi connectivity index (χ2v) is 15.1. The predicted molar refractivity (Wildman–Crippen MR) is 185 cm³/mol. The van der Waals surface area contributed by atoms with Gasteiger partial charge in [-0.2, -0.15) is 0 Å². The van der Waals surface area contributed by atoms with Crippen molar-refractivity contribution in [2.24, 2.45) is 10.6 Å². The normalized spacial score (nSPS) is 21.3. The number of hydrogen-bond donors (Lipinski definition) is 3. The summed E-state index contributed by atoms with van der Waals surface area (Å²) in [5, 5.41) is 12.6. The second kappa shape index (κ2) is 15.1. The molecule has 49 heavy (non-hydrogen) atoms. The van der Waals surface area contributed by atoms with Crippen LogP contribution >= 0.6 is 15.9 Å². The van der Waals surface area contributed by atoms with E-state index in [9.17, 15) is 24.0 Å². The van der Waals surface area contributed by atoms with Crippen LogP contribution in [0.2, 0.25) is 0 Å². The fourth-order valence-corrected chi connectivity index (χ4v) is 6.52. The molecule has 1 saturated heterocycles. The molecule has 0 bridgehead atoms. The number of nitrogens with zero attached hydrogens (tertiary/aromatic N) is 2. The van der Waals surface area contributed by atoms with Crippen LogP contribution in [0, 0.1) is 5.41 Å². The molecule has 4 atom stereocenters. The lowest BCUT2D eigenvalue weighted by atomic mass is 9.85. The SMILES string of the molecule is CCC[C@H](NC(=O)[C@@H]1C[C@]2(CC(c3cccc(Br)c3)=NO2)CN1C(=O)C(NC(=O)OCc1ccccc1)C(C)(C)C)C(=O)C(=O)NC1CC1. The lowest BCUT2D eigenvalue weighted by Crippen LogP contribution is -2.59. The molecule has 262 valence electrons. The van der Waals surface area contributed by atoms with Gasteiger partial charge in [-0.05, 0) is 42.4 Å². The third-order valence-corrected chi connectivity index (χ3v) is 9.41. The summed E-state index contributed by atoms with van der Waals surface area (Å²) in [6, 6.07) is 13.5. The van der Waals surface area contributed by atoms with Crippen LogP contribution in [0.15, 0.2) is 64.2 Å². The molecule has 3 aliphatic rings. The predicted octanol–water partition coefficient (Wildman–Crippen LogP) is 4.39. The van der Waals surface area contributed by atoms with E-state index in [0.717, 1.165) is 28.4 Å². The van der Waals surface area contributed by atoms with E-state index in [2.05, 4.69) is 37.0 Å². The van der Waals surface area contributed by atoms with Crippen molar-refractivity contribution in [1.29, 1.82) is 0 Å². The van der Waals surface area contributed by atoms with E-state index in [1.807, 2.05) is 82.3 Å². The van der Waals surface area contributed by atoms with Crippen molar-refractivity contribution in [1.82, 2.24) is 20.9 Å². The summed E-state index contributed by atoms with van der Waals surface area (Å²) in [6.07, 6.45) is 2.06. The molecule has 1 saturated carbocycles. The van der Waals surface area contributed by atoms with Crippen LogP contribution in [0.4, 0.5) is 4.79 Å². The Kier molecular flexibility index (Phi) is 11.1. The molecule has 5 rings (SSSR count). The summed E-state index contributed by atoms with van der Waals surface area (Å²) in [7, 11) is 0. The smallest absolute Gasteiger partial charge is 0.408 e. The third-order valence-electron chi connectivity index (χ3n) is 8.92. The summed E-state index contributed by atoms with van der Waals surface area (Å²) in [4.78, 5) is 74.9. The first kappa shape index (κ1) is 36.0. The lowest BCUT2D eigenvalue weighted by Gasteiger charge is -2.35. The third kappa shape index (κ3) is 9.05. The Morgan fingerprint density at radius 2 is 1.80 bits per heavy atom. The molecule has 4 amide bonds. The second-order valence-electron chi connectivity index (χ2n) is 14.2. The molecule has 2 aromatic rings. The van der Waals surface area contributed by atoms with E-state index < -0.39 is 58.7 Å². The number of ether oxygens (including phenoxy) is 1. The minimum Gasteiger partial charge on any atom is -0.445 e. The van der Waals surface area contributed by atoms with Crippen molar-refractivity contribution in [2.45, 2.75) is 103 Å². The summed E-state index contributed by atoms with van der Waals surface area (Å²) in [5.41, 5.74) is 0.480. The standard InChI is InChI=1S/C36H44BrN5O7/c1-5-10-26(29(43)32(45)38-25-15-16-25)39-31(44)28-19-36(18-27(41-49-36)23-13-9-14-24(37)17-23)21-42(28)33(46)30(35(2,3)4)40-34(47)48-20-22-11-7-6-8-12-22/h6-9,11-14,17,25-26,28,30H,5,10,15-16,18-21H2,1-4H3,(H,38,45)(H,39,44)(H,40,47)/t26-,28-,30?,36+/m0/s1. The maximum Gasteiger partial charge on any atom is 0.408 e. The minimum absolute atomic E-state index is 0.00675.